The zero-order valence-electron chi connectivity index (χ0n) is 21.5. The molecule has 39 heavy (non-hydrogen) atoms. The van der Waals surface area contributed by atoms with E-state index in [2.05, 4.69) is 5.32 Å². The number of aromatic nitrogens is 1. The topological polar surface area (TPSA) is 88.5 Å². The molecule has 2 amide bonds. The zero-order chi connectivity index (χ0) is 27.6. The molecule has 0 atom stereocenters. The summed E-state index contributed by atoms with van der Waals surface area (Å²) in [5, 5.41) is 3.67. The second-order valence-electron chi connectivity index (χ2n) is 9.33. The summed E-state index contributed by atoms with van der Waals surface area (Å²) in [5.41, 5.74) is 4.08. The van der Waals surface area contributed by atoms with Gasteiger partial charge in [0.15, 0.2) is 0 Å². The van der Waals surface area contributed by atoms with Crippen LogP contribution in [0.2, 0.25) is 0 Å². The van der Waals surface area contributed by atoms with Crippen LogP contribution >= 0.6 is 0 Å². The Hall–Kier alpha value is -4.69. The predicted molar refractivity (Wildman–Crippen MR) is 152 cm³/mol. The van der Waals surface area contributed by atoms with Crippen molar-refractivity contribution in [2.45, 2.75) is 11.4 Å². The molecular formula is C31H27N3O4S. The van der Waals surface area contributed by atoms with Crippen LogP contribution in [-0.4, -0.2) is 43.2 Å². The maximum Gasteiger partial charge on any atom is 0.268 e. The molecule has 1 aromatic heterocycles. The van der Waals surface area contributed by atoms with Crippen molar-refractivity contribution in [1.82, 2.24) is 14.2 Å². The summed E-state index contributed by atoms with van der Waals surface area (Å²) >= 11 is 0. The fourth-order valence-corrected chi connectivity index (χ4v) is 5.77. The number of carbonyl (C=O) groups is 2. The SMILES string of the molecule is CN(C)C(=O)c1ccc(CNC(=O)c2ccc(S(=O)(=O)n3cc(-c4ccccc4)c4ccccc43)cc2)cc1. The van der Waals surface area contributed by atoms with E-state index in [-0.39, 0.29) is 23.3 Å². The smallest absolute Gasteiger partial charge is 0.268 e. The highest BCUT2D eigenvalue weighted by Crippen LogP contribution is 2.33. The maximum atomic E-state index is 13.6. The number of amides is 2. The lowest BCUT2D eigenvalue weighted by atomic mass is 10.1. The summed E-state index contributed by atoms with van der Waals surface area (Å²) in [6.07, 6.45) is 1.65. The third-order valence-electron chi connectivity index (χ3n) is 6.50. The third-order valence-corrected chi connectivity index (χ3v) is 8.18. The van der Waals surface area contributed by atoms with Crippen LogP contribution < -0.4 is 5.32 Å². The molecule has 0 saturated carbocycles. The summed E-state index contributed by atoms with van der Waals surface area (Å²) in [5.74, 6) is -0.421. The predicted octanol–water partition coefficient (Wildman–Crippen LogP) is 5.18. The summed E-state index contributed by atoms with van der Waals surface area (Å²) < 4.78 is 28.6. The lowest BCUT2D eigenvalue weighted by Gasteiger charge is -2.11. The van der Waals surface area contributed by atoms with Gasteiger partial charge in [-0.1, -0.05) is 60.7 Å². The van der Waals surface area contributed by atoms with E-state index in [0.717, 1.165) is 22.1 Å². The number of hydrogen-bond donors (Lipinski definition) is 1. The number of carbonyl (C=O) groups excluding carboxylic acids is 2. The molecule has 4 aromatic carbocycles. The maximum absolute atomic E-state index is 13.6. The minimum absolute atomic E-state index is 0.0839. The quantitative estimate of drug-likeness (QED) is 0.310. The van der Waals surface area contributed by atoms with Crippen molar-refractivity contribution < 1.29 is 18.0 Å². The molecule has 0 aliphatic carbocycles. The molecule has 5 rings (SSSR count). The molecule has 196 valence electrons. The molecule has 1 N–H and O–H groups in total. The number of para-hydroxylation sites is 1. The molecule has 0 aliphatic rings. The molecule has 0 fully saturated rings. The van der Waals surface area contributed by atoms with E-state index in [4.69, 9.17) is 0 Å². The number of benzene rings is 4. The summed E-state index contributed by atoms with van der Waals surface area (Å²) in [6.45, 7) is 0.271. The third kappa shape index (κ3) is 5.19. The van der Waals surface area contributed by atoms with Crippen molar-refractivity contribution in [3.63, 3.8) is 0 Å². The van der Waals surface area contributed by atoms with Crippen molar-refractivity contribution in [2.75, 3.05) is 14.1 Å². The van der Waals surface area contributed by atoms with Gasteiger partial charge in [-0.3, -0.25) is 9.59 Å². The van der Waals surface area contributed by atoms with Crippen molar-refractivity contribution in [3.05, 3.63) is 126 Å². The summed E-state index contributed by atoms with van der Waals surface area (Å²) in [7, 11) is -0.533. The monoisotopic (exact) mass is 537 g/mol. The average Bonchev–Trinajstić information content (AvgIpc) is 3.37. The van der Waals surface area contributed by atoms with E-state index >= 15 is 0 Å². The second-order valence-corrected chi connectivity index (χ2v) is 11.1. The van der Waals surface area contributed by atoms with E-state index in [0.29, 0.717) is 16.6 Å². The Labute approximate surface area is 227 Å². The minimum Gasteiger partial charge on any atom is -0.348 e. The first kappa shape index (κ1) is 25.9. The molecule has 0 unspecified atom stereocenters. The van der Waals surface area contributed by atoms with Crippen LogP contribution in [0.25, 0.3) is 22.0 Å². The number of fused-ring (bicyclic) bond motifs is 1. The number of nitrogens with one attached hydrogen (secondary N) is 1. The molecule has 8 heteroatoms. The molecule has 0 radical (unpaired) electrons. The molecule has 0 aliphatic heterocycles. The van der Waals surface area contributed by atoms with Gasteiger partial charge in [-0.05, 0) is 53.6 Å². The van der Waals surface area contributed by atoms with E-state index in [1.54, 1.807) is 50.6 Å². The Balaban J connectivity index is 1.34. The lowest BCUT2D eigenvalue weighted by Crippen LogP contribution is -2.23. The van der Waals surface area contributed by atoms with Gasteiger partial charge in [0.1, 0.15) is 0 Å². The Morgan fingerprint density at radius 1 is 0.769 bits per heavy atom. The van der Waals surface area contributed by atoms with Crippen molar-refractivity contribution in [1.29, 1.82) is 0 Å². The largest absolute Gasteiger partial charge is 0.348 e. The normalized spacial score (nSPS) is 11.3. The molecular weight excluding hydrogens is 510 g/mol. The highest BCUT2D eigenvalue weighted by atomic mass is 32.2. The molecule has 5 aromatic rings. The zero-order valence-corrected chi connectivity index (χ0v) is 22.4. The fraction of sp³-hybridized carbons (Fsp3) is 0.0968. The van der Waals surface area contributed by atoms with Gasteiger partial charge in [0.05, 0.1) is 10.4 Å². The number of hydrogen-bond acceptors (Lipinski definition) is 4. The van der Waals surface area contributed by atoms with Gasteiger partial charge in [0.25, 0.3) is 21.8 Å². The van der Waals surface area contributed by atoms with Gasteiger partial charge in [-0.25, -0.2) is 12.4 Å². The first-order valence-electron chi connectivity index (χ1n) is 12.4. The Morgan fingerprint density at radius 3 is 2.05 bits per heavy atom. The molecule has 0 spiro atoms. The Morgan fingerprint density at radius 2 is 1.38 bits per heavy atom. The average molecular weight is 538 g/mol. The van der Waals surface area contributed by atoms with Crippen LogP contribution in [0.3, 0.4) is 0 Å². The highest BCUT2D eigenvalue weighted by Gasteiger charge is 2.22. The Kier molecular flexibility index (Phi) is 7.04. The van der Waals surface area contributed by atoms with Gasteiger partial charge in [-0.15, -0.1) is 0 Å². The van der Waals surface area contributed by atoms with Crippen LogP contribution in [0.1, 0.15) is 26.3 Å². The second kappa shape index (κ2) is 10.6. The van der Waals surface area contributed by atoms with Gasteiger partial charge in [0.2, 0.25) is 0 Å². The molecule has 7 nitrogen and oxygen atoms in total. The van der Waals surface area contributed by atoms with Crippen LogP contribution in [0, 0.1) is 0 Å². The highest BCUT2D eigenvalue weighted by molar-refractivity contribution is 7.90. The summed E-state index contributed by atoms with van der Waals surface area (Å²) in [4.78, 5) is 26.3. The van der Waals surface area contributed by atoms with E-state index in [1.165, 1.54) is 33.1 Å². The van der Waals surface area contributed by atoms with E-state index in [9.17, 15) is 18.0 Å². The van der Waals surface area contributed by atoms with E-state index in [1.807, 2.05) is 48.5 Å². The minimum atomic E-state index is -3.91. The van der Waals surface area contributed by atoms with Gasteiger partial charge < -0.3 is 10.2 Å². The molecule has 1 heterocycles. The van der Waals surface area contributed by atoms with E-state index < -0.39 is 10.0 Å². The van der Waals surface area contributed by atoms with Gasteiger partial charge >= 0.3 is 0 Å². The van der Waals surface area contributed by atoms with Crippen molar-refractivity contribution in [3.8, 4) is 11.1 Å². The van der Waals surface area contributed by atoms with Gasteiger partial charge in [0, 0.05) is 48.9 Å². The summed E-state index contributed by atoms with van der Waals surface area (Å²) in [6, 6.07) is 30.0. The van der Waals surface area contributed by atoms with Crippen molar-refractivity contribution >= 4 is 32.7 Å². The molecule has 0 bridgehead atoms. The first-order chi connectivity index (χ1) is 18.8. The van der Waals surface area contributed by atoms with Crippen LogP contribution in [-0.2, 0) is 16.6 Å². The molecule has 0 saturated heterocycles. The van der Waals surface area contributed by atoms with Crippen LogP contribution in [0.5, 0.6) is 0 Å². The number of rotatable bonds is 7. The van der Waals surface area contributed by atoms with Crippen molar-refractivity contribution in [2.24, 2.45) is 0 Å². The Bertz CT molecular complexity index is 1760. The number of nitrogens with zero attached hydrogens (tertiary/aromatic N) is 2. The van der Waals surface area contributed by atoms with Crippen LogP contribution in [0.15, 0.2) is 114 Å². The standard InChI is InChI=1S/C31H27N3O4S/c1-33(2)31(36)25-14-12-22(13-15-25)20-32-30(35)24-16-18-26(19-17-24)39(37,38)34-21-28(23-8-4-3-5-9-23)27-10-6-7-11-29(27)34/h3-19,21H,20H2,1-2H3,(H,32,35). The van der Waals surface area contributed by atoms with Crippen LogP contribution in [0.4, 0.5) is 0 Å². The van der Waals surface area contributed by atoms with Gasteiger partial charge in [-0.2, -0.15) is 0 Å². The lowest BCUT2D eigenvalue weighted by molar-refractivity contribution is 0.0827. The fourth-order valence-electron chi connectivity index (χ4n) is 4.40. The first-order valence-corrected chi connectivity index (χ1v) is 13.8.